The van der Waals surface area contributed by atoms with Crippen molar-refractivity contribution in [2.24, 2.45) is 0 Å². The third-order valence-electron chi connectivity index (χ3n) is 4.52. The summed E-state index contributed by atoms with van der Waals surface area (Å²) in [7, 11) is 0. The van der Waals surface area contributed by atoms with Crippen LogP contribution in [-0.4, -0.2) is 36.8 Å². The van der Waals surface area contributed by atoms with Gasteiger partial charge in [-0.25, -0.2) is 0 Å². The summed E-state index contributed by atoms with van der Waals surface area (Å²) in [5.41, 5.74) is 0.692. The molecule has 0 aliphatic carbocycles. The summed E-state index contributed by atoms with van der Waals surface area (Å²) in [6.45, 7) is 1.41. The van der Waals surface area contributed by atoms with Gasteiger partial charge in [-0.05, 0) is 43.7 Å². The van der Waals surface area contributed by atoms with Crippen molar-refractivity contribution in [2.45, 2.75) is 25.4 Å². The SMILES string of the molecule is c1ccc(-c2noc(C3CCCN3Cc3nnc(-c4ccco4)o3)n2)nc1. The topological polar surface area (TPSA) is 107 Å². The first-order valence-corrected chi connectivity index (χ1v) is 8.72. The van der Waals surface area contributed by atoms with Gasteiger partial charge in [0.05, 0.1) is 18.8 Å². The molecule has 0 bridgehead atoms. The minimum atomic E-state index is 0.0222. The van der Waals surface area contributed by atoms with Crippen molar-refractivity contribution in [1.82, 2.24) is 30.2 Å². The van der Waals surface area contributed by atoms with Gasteiger partial charge in [0.15, 0.2) is 5.76 Å². The molecule has 0 radical (unpaired) electrons. The fourth-order valence-corrected chi connectivity index (χ4v) is 3.26. The van der Waals surface area contributed by atoms with Gasteiger partial charge in [-0.2, -0.15) is 4.98 Å². The Bertz CT molecular complexity index is 1010. The molecule has 1 atom stereocenters. The molecule has 0 spiro atoms. The Morgan fingerprint density at radius 2 is 2.15 bits per heavy atom. The Labute approximate surface area is 154 Å². The van der Waals surface area contributed by atoms with Gasteiger partial charge >= 0.3 is 0 Å². The van der Waals surface area contributed by atoms with Gasteiger partial charge in [0.25, 0.3) is 5.89 Å². The lowest BCUT2D eigenvalue weighted by molar-refractivity contribution is 0.186. The monoisotopic (exact) mass is 364 g/mol. The van der Waals surface area contributed by atoms with Crippen LogP contribution in [0.1, 0.15) is 30.7 Å². The predicted octanol–water partition coefficient (Wildman–Crippen LogP) is 3.11. The molecule has 0 aromatic carbocycles. The molecule has 4 aromatic rings. The lowest BCUT2D eigenvalue weighted by Crippen LogP contribution is -2.23. The van der Waals surface area contributed by atoms with Crippen molar-refractivity contribution >= 4 is 0 Å². The van der Waals surface area contributed by atoms with Gasteiger partial charge in [0, 0.05) is 6.20 Å². The average molecular weight is 364 g/mol. The summed E-state index contributed by atoms with van der Waals surface area (Å²) in [6, 6.07) is 9.19. The molecule has 9 heteroatoms. The number of hydrogen-bond donors (Lipinski definition) is 0. The van der Waals surface area contributed by atoms with Crippen LogP contribution < -0.4 is 0 Å². The first-order valence-electron chi connectivity index (χ1n) is 8.72. The predicted molar refractivity (Wildman–Crippen MR) is 91.9 cm³/mol. The summed E-state index contributed by atoms with van der Waals surface area (Å²) in [4.78, 5) is 11.0. The van der Waals surface area contributed by atoms with Gasteiger partial charge < -0.3 is 13.4 Å². The molecule has 136 valence electrons. The van der Waals surface area contributed by atoms with Crippen LogP contribution in [0.5, 0.6) is 0 Å². The first-order chi connectivity index (χ1) is 13.4. The van der Waals surface area contributed by atoms with E-state index in [9.17, 15) is 0 Å². The largest absolute Gasteiger partial charge is 0.459 e. The maximum absolute atomic E-state index is 5.71. The van der Waals surface area contributed by atoms with Crippen LogP contribution in [0, 0.1) is 0 Å². The highest BCUT2D eigenvalue weighted by Gasteiger charge is 2.32. The highest BCUT2D eigenvalue weighted by atomic mass is 16.5. The number of rotatable bonds is 5. The Kier molecular flexibility index (Phi) is 3.98. The number of pyridine rings is 1. The lowest BCUT2D eigenvalue weighted by atomic mass is 10.2. The zero-order valence-electron chi connectivity index (χ0n) is 14.4. The molecule has 4 aromatic heterocycles. The average Bonchev–Trinajstić information content (AvgIpc) is 3.48. The third-order valence-corrected chi connectivity index (χ3v) is 4.52. The normalized spacial score (nSPS) is 17.6. The number of likely N-dealkylation sites (tertiary alicyclic amines) is 1. The molecule has 5 heterocycles. The Hall–Kier alpha value is -3.33. The Morgan fingerprint density at radius 1 is 1.15 bits per heavy atom. The molecule has 0 saturated carbocycles. The van der Waals surface area contributed by atoms with E-state index in [1.54, 1.807) is 24.6 Å². The van der Waals surface area contributed by atoms with Crippen LogP contribution in [-0.2, 0) is 6.54 Å². The van der Waals surface area contributed by atoms with E-state index in [1.807, 2.05) is 18.2 Å². The summed E-state index contributed by atoms with van der Waals surface area (Å²) in [5, 5.41) is 12.2. The van der Waals surface area contributed by atoms with Gasteiger partial charge in [-0.3, -0.25) is 9.88 Å². The standard InChI is InChI=1S/C18H16N6O3/c1-2-8-19-12(5-1)16-20-17(27-23-16)13-6-3-9-24(13)11-15-21-22-18(26-15)14-7-4-10-25-14/h1-2,4-5,7-8,10,13H,3,6,9,11H2. The number of nitrogens with zero attached hydrogens (tertiary/aromatic N) is 6. The van der Waals surface area contributed by atoms with Crippen molar-refractivity contribution in [2.75, 3.05) is 6.54 Å². The maximum atomic E-state index is 5.71. The Morgan fingerprint density at radius 3 is 3.00 bits per heavy atom. The molecule has 9 nitrogen and oxygen atoms in total. The molecule has 1 aliphatic rings. The fourth-order valence-electron chi connectivity index (χ4n) is 3.26. The van der Waals surface area contributed by atoms with Gasteiger partial charge in [-0.15, -0.1) is 10.2 Å². The Balaban J connectivity index is 1.33. The molecule has 1 saturated heterocycles. The van der Waals surface area contributed by atoms with Crippen LogP contribution in [0.4, 0.5) is 0 Å². The minimum absolute atomic E-state index is 0.0222. The van der Waals surface area contributed by atoms with E-state index in [0.717, 1.165) is 19.4 Å². The zero-order chi connectivity index (χ0) is 18.1. The highest BCUT2D eigenvalue weighted by molar-refractivity contribution is 5.47. The van der Waals surface area contributed by atoms with E-state index >= 15 is 0 Å². The molecule has 1 unspecified atom stereocenters. The fraction of sp³-hybridized carbons (Fsp3) is 0.278. The summed E-state index contributed by atoms with van der Waals surface area (Å²) < 4.78 is 16.5. The van der Waals surface area contributed by atoms with Crippen LogP contribution in [0.15, 0.2) is 56.1 Å². The van der Waals surface area contributed by atoms with Gasteiger partial charge in [-0.1, -0.05) is 11.2 Å². The van der Waals surface area contributed by atoms with Crippen LogP contribution >= 0.6 is 0 Å². The van der Waals surface area contributed by atoms with Gasteiger partial charge in [0.2, 0.25) is 17.6 Å². The smallest absolute Gasteiger partial charge is 0.283 e. The molecule has 0 amide bonds. The van der Waals surface area contributed by atoms with E-state index in [-0.39, 0.29) is 6.04 Å². The van der Waals surface area contributed by atoms with Crippen molar-refractivity contribution in [3.05, 3.63) is 54.6 Å². The van der Waals surface area contributed by atoms with E-state index in [1.165, 1.54) is 0 Å². The number of furan rings is 1. The van der Waals surface area contributed by atoms with E-state index < -0.39 is 0 Å². The second-order valence-corrected chi connectivity index (χ2v) is 6.28. The first kappa shape index (κ1) is 15.9. The number of hydrogen-bond acceptors (Lipinski definition) is 9. The maximum Gasteiger partial charge on any atom is 0.283 e. The lowest BCUT2D eigenvalue weighted by Gasteiger charge is -2.18. The second-order valence-electron chi connectivity index (χ2n) is 6.28. The third kappa shape index (κ3) is 3.13. The van der Waals surface area contributed by atoms with E-state index in [0.29, 0.717) is 41.5 Å². The zero-order valence-corrected chi connectivity index (χ0v) is 14.4. The van der Waals surface area contributed by atoms with Crippen molar-refractivity contribution in [1.29, 1.82) is 0 Å². The summed E-state index contributed by atoms with van der Waals surface area (Å²) >= 11 is 0. The quantitative estimate of drug-likeness (QED) is 0.528. The van der Waals surface area contributed by atoms with E-state index in [2.05, 4.69) is 30.2 Å². The highest BCUT2D eigenvalue weighted by Crippen LogP contribution is 2.33. The molecular formula is C18H16N6O3. The van der Waals surface area contributed by atoms with Crippen molar-refractivity contribution in [3.63, 3.8) is 0 Å². The molecule has 0 N–H and O–H groups in total. The molecular weight excluding hydrogens is 348 g/mol. The van der Waals surface area contributed by atoms with E-state index in [4.69, 9.17) is 13.4 Å². The van der Waals surface area contributed by atoms with Crippen molar-refractivity contribution in [3.8, 4) is 23.2 Å². The minimum Gasteiger partial charge on any atom is -0.459 e. The van der Waals surface area contributed by atoms with Crippen LogP contribution in [0.2, 0.25) is 0 Å². The van der Waals surface area contributed by atoms with Crippen molar-refractivity contribution < 1.29 is 13.4 Å². The molecule has 1 fully saturated rings. The molecule has 1 aliphatic heterocycles. The second kappa shape index (κ2) is 6.76. The number of aromatic nitrogens is 5. The summed E-state index contributed by atoms with van der Waals surface area (Å²) in [5.74, 6) is 2.54. The summed E-state index contributed by atoms with van der Waals surface area (Å²) in [6.07, 6.45) is 5.25. The molecule has 27 heavy (non-hydrogen) atoms. The molecule has 5 rings (SSSR count). The van der Waals surface area contributed by atoms with Gasteiger partial charge in [0.1, 0.15) is 5.69 Å². The van der Waals surface area contributed by atoms with Crippen LogP contribution in [0.25, 0.3) is 23.2 Å². The van der Waals surface area contributed by atoms with Crippen LogP contribution in [0.3, 0.4) is 0 Å².